The maximum Gasteiger partial charge on any atom is 0.218 e. The van der Waals surface area contributed by atoms with Crippen molar-refractivity contribution in [3.05, 3.63) is 95.1 Å². The van der Waals surface area contributed by atoms with E-state index in [4.69, 9.17) is 4.74 Å². The fourth-order valence-electron chi connectivity index (χ4n) is 8.77. The Balaban J connectivity index is 1.28. The van der Waals surface area contributed by atoms with E-state index in [1.165, 1.54) is 5.56 Å². The number of phenols is 1. The number of aliphatic hydroxyl groups is 1. The number of sulfonamides is 1. The highest BCUT2D eigenvalue weighted by molar-refractivity contribution is 7.88. The molecule has 228 valence electrons. The largest absolute Gasteiger partial charge is 0.504 e. The molecule has 2 aliphatic carbocycles. The summed E-state index contributed by atoms with van der Waals surface area (Å²) in [7, 11) is -3.72. The molecule has 2 fully saturated rings. The molecule has 0 unspecified atom stereocenters. The second kappa shape index (κ2) is 10.6. The first-order valence-corrected chi connectivity index (χ1v) is 17.3. The molecule has 8 heteroatoms. The van der Waals surface area contributed by atoms with Gasteiger partial charge in [0.1, 0.15) is 6.10 Å². The van der Waals surface area contributed by atoms with Crippen molar-refractivity contribution in [1.29, 1.82) is 0 Å². The molecule has 7 nitrogen and oxygen atoms in total. The van der Waals surface area contributed by atoms with Gasteiger partial charge in [-0.3, -0.25) is 4.90 Å². The Bertz CT molecular complexity index is 1600. The smallest absolute Gasteiger partial charge is 0.218 e. The Labute approximate surface area is 255 Å². The number of nitrogens with zero attached hydrogens (tertiary/aromatic N) is 2. The number of rotatable bonds is 9. The Hall–Kier alpha value is -2.91. The summed E-state index contributed by atoms with van der Waals surface area (Å²) in [5.41, 5.74) is 2.15. The van der Waals surface area contributed by atoms with Crippen LogP contribution < -0.4 is 4.74 Å². The van der Waals surface area contributed by atoms with Crippen LogP contribution in [0.5, 0.6) is 11.5 Å². The summed E-state index contributed by atoms with van der Waals surface area (Å²) >= 11 is 0. The zero-order valence-corrected chi connectivity index (χ0v) is 25.8. The third-order valence-corrected chi connectivity index (χ3v) is 12.4. The molecule has 2 aliphatic heterocycles. The fraction of sp³-hybridized carbons (Fsp3) is 0.486. The van der Waals surface area contributed by atoms with Crippen LogP contribution in [0.2, 0.25) is 0 Å². The van der Waals surface area contributed by atoms with E-state index in [9.17, 15) is 18.6 Å². The van der Waals surface area contributed by atoms with E-state index in [0.29, 0.717) is 38.0 Å². The zero-order valence-electron chi connectivity index (χ0n) is 25.0. The molecular weight excluding hydrogens is 560 g/mol. The molecule has 2 bridgehead atoms. The predicted octanol–water partition coefficient (Wildman–Crippen LogP) is 4.65. The molecule has 1 saturated carbocycles. The maximum atomic E-state index is 14.2. The molecule has 0 radical (unpaired) electrons. The van der Waals surface area contributed by atoms with E-state index in [-0.39, 0.29) is 23.5 Å². The zero-order chi connectivity index (χ0) is 30.0. The summed E-state index contributed by atoms with van der Waals surface area (Å²) in [6.45, 7) is 6.07. The predicted molar refractivity (Wildman–Crippen MR) is 167 cm³/mol. The van der Waals surface area contributed by atoms with Crippen LogP contribution in [0.15, 0.2) is 72.8 Å². The summed E-state index contributed by atoms with van der Waals surface area (Å²) in [4.78, 5) is 2.45. The van der Waals surface area contributed by atoms with Crippen molar-refractivity contribution in [2.75, 3.05) is 19.6 Å². The van der Waals surface area contributed by atoms with Crippen molar-refractivity contribution in [3.8, 4) is 11.5 Å². The van der Waals surface area contributed by atoms with Crippen LogP contribution in [0.3, 0.4) is 0 Å². The quantitative estimate of drug-likeness (QED) is 0.371. The number of ether oxygens (including phenoxy) is 1. The van der Waals surface area contributed by atoms with E-state index in [2.05, 4.69) is 29.2 Å². The third-order valence-electron chi connectivity index (χ3n) is 10.5. The average molecular weight is 603 g/mol. The van der Waals surface area contributed by atoms with Gasteiger partial charge >= 0.3 is 0 Å². The van der Waals surface area contributed by atoms with Crippen molar-refractivity contribution >= 4 is 10.0 Å². The van der Waals surface area contributed by atoms with Crippen LogP contribution in [-0.4, -0.2) is 71.3 Å². The van der Waals surface area contributed by atoms with Crippen LogP contribution in [0, 0.1) is 5.92 Å². The number of piperidine rings is 1. The highest BCUT2D eigenvalue weighted by atomic mass is 32.2. The van der Waals surface area contributed by atoms with E-state index < -0.39 is 33.2 Å². The lowest BCUT2D eigenvalue weighted by Crippen LogP contribution is -2.78. The van der Waals surface area contributed by atoms with E-state index in [1.807, 2.05) is 56.3 Å². The maximum absolute atomic E-state index is 14.2. The Morgan fingerprint density at radius 3 is 2.40 bits per heavy atom. The van der Waals surface area contributed by atoms with Gasteiger partial charge in [0.2, 0.25) is 10.0 Å². The first-order chi connectivity index (χ1) is 20.6. The van der Waals surface area contributed by atoms with Gasteiger partial charge in [-0.15, -0.1) is 0 Å². The number of benzene rings is 3. The number of likely N-dealkylation sites (tertiary alicyclic amines) is 1. The van der Waals surface area contributed by atoms with Gasteiger partial charge in [0.05, 0.1) is 22.8 Å². The second-order valence-electron chi connectivity index (χ2n) is 13.4. The molecule has 1 saturated heterocycles. The van der Waals surface area contributed by atoms with Crippen LogP contribution in [-0.2, 0) is 34.0 Å². The summed E-state index contributed by atoms with van der Waals surface area (Å²) in [6, 6.07) is 22.9. The molecule has 5 atom stereocenters. The number of aromatic hydroxyl groups is 1. The normalized spacial score (nSPS) is 29.5. The highest BCUT2D eigenvalue weighted by Crippen LogP contribution is 2.66. The average Bonchev–Trinajstić information content (AvgIpc) is 3.34. The minimum Gasteiger partial charge on any atom is -0.504 e. The standard InChI is InChI=1S/C35H42N2O5S/c1-24(2)22-37(43(40,41)23-26-11-7-4-8-12-26)28-15-17-35(39)30-21-27-13-14-29(38)32-31(27)34(35,33(28)42-32)18-20-36(30)19-16-25-9-5-3-6-10-25/h3-14,24,28,30,33,38-39H,15-23H2,1-2H3/t28-,30+,33-,34-,35+/m0/s1. The lowest BCUT2D eigenvalue weighted by atomic mass is 9.48. The van der Waals surface area contributed by atoms with Gasteiger partial charge in [-0.25, -0.2) is 8.42 Å². The molecule has 7 rings (SSSR count). The number of phenolic OH excluding ortho intramolecular Hbond substituents is 1. The molecule has 4 aliphatic rings. The van der Waals surface area contributed by atoms with Gasteiger partial charge in [0.25, 0.3) is 0 Å². The van der Waals surface area contributed by atoms with E-state index in [0.717, 1.165) is 36.2 Å². The Morgan fingerprint density at radius 2 is 1.70 bits per heavy atom. The van der Waals surface area contributed by atoms with Crippen LogP contribution in [0.25, 0.3) is 0 Å². The van der Waals surface area contributed by atoms with Crippen LogP contribution in [0.1, 0.15) is 55.4 Å². The number of hydrogen-bond acceptors (Lipinski definition) is 6. The molecular formula is C35H42N2O5S. The fourth-order valence-corrected chi connectivity index (χ4v) is 10.7. The summed E-state index contributed by atoms with van der Waals surface area (Å²) in [5, 5.41) is 23.9. The first kappa shape index (κ1) is 28.8. The van der Waals surface area contributed by atoms with E-state index in [1.54, 1.807) is 10.4 Å². The lowest BCUT2D eigenvalue weighted by molar-refractivity contribution is -0.196. The molecule has 3 aromatic rings. The molecule has 2 heterocycles. The van der Waals surface area contributed by atoms with Gasteiger partial charge in [0, 0.05) is 24.7 Å². The molecule has 43 heavy (non-hydrogen) atoms. The van der Waals surface area contributed by atoms with Crippen molar-refractivity contribution in [2.24, 2.45) is 5.92 Å². The monoisotopic (exact) mass is 602 g/mol. The third kappa shape index (κ3) is 4.52. The van der Waals surface area contributed by atoms with Crippen molar-refractivity contribution < 1.29 is 23.4 Å². The topological polar surface area (TPSA) is 90.3 Å². The molecule has 2 N–H and O–H groups in total. The molecule has 3 aromatic carbocycles. The summed E-state index contributed by atoms with van der Waals surface area (Å²) in [5.74, 6) is 0.529. The minimum absolute atomic E-state index is 0.0659. The van der Waals surface area contributed by atoms with Gasteiger partial charge in [-0.05, 0) is 67.3 Å². The molecule has 1 spiro atoms. The second-order valence-corrected chi connectivity index (χ2v) is 15.4. The van der Waals surface area contributed by atoms with Crippen molar-refractivity contribution in [1.82, 2.24) is 9.21 Å². The Kier molecular flexibility index (Phi) is 7.12. The highest BCUT2D eigenvalue weighted by Gasteiger charge is 2.73. The van der Waals surface area contributed by atoms with Crippen molar-refractivity contribution in [3.63, 3.8) is 0 Å². The molecule has 0 aromatic heterocycles. The van der Waals surface area contributed by atoms with Crippen LogP contribution >= 0.6 is 0 Å². The Morgan fingerprint density at radius 1 is 1.00 bits per heavy atom. The number of hydrogen-bond donors (Lipinski definition) is 2. The van der Waals surface area contributed by atoms with Gasteiger partial charge in [-0.2, -0.15) is 4.31 Å². The van der Waals surface area contributed by atoms with Crippen molar-refractivity contribution in [2.45, 2.75) is 80.9 Å². The molecule has 0 amide bonds. The summed E-state index contributed by atoms with van der Waals surface area (Å²) < 4.78 is 36.8. The summed E-state index contributed by atoms with van der Waals surface area (Å²) in [6.07, 6.45) is 2.62. The SMILES string of the molecule is CC(C)CN([C@H]1CC[C@@]2(O)[C@H]3Cc4ccc(O)c5c4[C@@]2(CCN3CCc2ccccc2)[C@H]1O5)S(=O)(=O)Cc1ccccc1. The van der Waals surface area contributed by atoms with Crippen LogP contribution in [0.4, 0.5) is 0 Å². The first-order valence-electron chi connectivity index (χ1n) is 15.7. The minimum atomic E-state index is -3.72. The van der Waals surface area contributed by atoms with Gasteiger partial charge in [-0.1, -0.05) is 80.6 Å². The van der Waals surface area contributed by atoms with E-state index >= 15 is 0 Å². The van der Waals surface area contributed by atoms with Gasteiger partial charge < -0.3 is 14.9 Å². The van der Waals surface area contributed by atoms with Gasteiger partial charge in [0.15, 0.2) is 11.5 Å². The lowest BCUT2D eigenvalue weighted by Gasteiger charge is -2.64.